The first-order valence-electron chi connectivity index (χ1n) is 7.18. The van der Waals surface area contributed by atoms with Gasteiger partial charge in [-0.2, -0.15) is 0 Å². The Morgan fingerprint density at radius 3 is 2.75 bits per heavy atom. The number of hydrogen-bond acceptors (Lipinski definition) is 4. The van der Waals surface area contributed by atoms with Gasteiger partial charge < -0.3 is 9.84 Å². The Morgan fingerprint density at radius 2 is 2.15 bits per heavy atom. The molecule has 4 nitrogen and oxygen atoms in total. The normalized spacial score (nSPS) is 27.2. The first-order valence-corrected chi connectivity index (χ1v) is 7.18. The standard InChI is InChI=1S/C16H23NO3/c1-3-20-15(19)16(2)9-10-17(12-14(16)18)11-13-7-5-4-6-8-13/h4-8,14,18H,3,9-12H2,1-2H3. The van der Waals surface area contributed by atoms with Crippen molar-refractivity contribution >= 4 is 5.97 Å². The van der Waals surface area contributed by atoms with Gasteiger partial charge in [0.15, 0.2) is 0 Å². The molecule has 1 N–H and O–H groups in total. The summed E-state index contributed by atoms with van der Waals surface area (Å²) in [5, 5.41) is 10.3. The molecule has 0 saturated carbocycles. The van der Waals surface area contributed by atoms with E-state index in [2.05, 4.69) is 17.0 Å². The summed E-state index contributed by atoms with van der Waals surface area (Å²) in [5.41, 5.74) is 0.447. The third-order valence-corrected chi connectivity index (χ3v) is 4.10. The number of likely N-dealkylation sites (tertiary alicyclic amines) is 1. The molecule has 2 atom stereocenters. The van der Waals surface area contributed by atoms with Crippen LogP contribution >= 0.6 is 0 Å². The van der Waals surface area contributed by atoms with E-state index in [4.69, 9.17) is 4.74 Å². The highest BCUT2D eigenvalue weighted by Crippen LogP contribution is 2.33. The number of carbonyl (C=O) groups excluding carboxylic acids is 1. The van der Waals surface area contributed by atoms with E-state index in [9.17, 15) is 9.90 Å². The molecule has 2 unspecified atom stereocenters. The Hall–Kier alpha value is -1.39. The molecule has 1 aliphatic heterocycles. The van der Waals surface area contributed by atoms with E-state index in [1.165, 1.54) is 5.56 Å². The molecule has 0 aromatic heterocycles. The first kappa shape index (κ1) is 15.0. The smallest absolute Gasteiger partial charge is 0.314 e. The van der Waals surface area contributed by atoms with Gasteiger partial charge in [0.05, 0.1) is 18.1 Å². The topological polar surface area (TPSA) is 49.8 Å². The summed E-state index contributed by atoms with van der Waals surface area (Å²) in [7, 11) is 0. The highest BCUT2D eigenvalue weighted by Gasteiger charge is 2.45. The Balaban J connectivity index is 1.97. The number of aliphatic hydroxyl groups excluding tert-OH is 1. The van der Waals surface area contributed by atoms with Crippen molar-refractivity contribution in [3.05, 3.63) is 35.9 Å². The van der Waals surface area contributed by atoms with Crippen LogP contribution in [0.3, 0.4) is 0 Å². The Kier molecular flexibility index (Phi) is 4.78. The van der Waals surface area contributed by atoms with Crippen molar-refractivity contribution in [2.45, 2.75) is 32.9 Å². The quantitative estimate of drug-likeness (QED) is 0.853. The van der Waals surface area contributed by atoms with Gasteiger partial charge in [-0.1, -0.05) is 30.3 Å². The number of aliphatic hydroxyl groups is 1. The summed E-state index contributed by atoms with van der Waals surface area (Å²) in [5.74, 6) is -0.285. The van der Waals surface area contributed by atoms with E-state index in [1.807, 2.05) is 18.2 Å². The molecule has 1 heterocycles. The van der Waals surface area contributed by atoms with Crippen molar-refractivity contribution in [1.82, 2.24) is 4.90 Å². The van der Waals surface area contributed by atoms with Gasteiger partial charge in [0, 0.05) is 13.1 Å². The van der Waals surface area contributed by atoms with Crippen LogP contribution in [-0.2, 0) is 16.1 Å². The summed E-state index contributed by atoms with van der Waals surface area (Å²) < 4.78 is 5.09. The van der Waals surface area contributed by atoms with E-state index >= 15 is 0 Å². The van der Waals surface area contributed by atoms with Crippen LogP contribution < -0.4 is 0 Å². The van der Waals surface area contributed by atoms with Gasteiger partial charge >= 0.3 is 5.97 Å². The number of rotatable bonds is 4. The third kappa shape index (κ3) is 3.19. The lowest BCUT2D eigenvalue weighted by Crippen LogP contribution is -2.53. The molecular formula is C16H23NO3. The molecule has 4 heteroatoms. The highest BCUT2D eigenvalue weighted by molar-refractivity contribution is 5.77. The van der Waals surface area contributed by atoms with Gasteiger partial charge in [0.2, 0.25) is 0 Å². The Bertz CT molecular complexity index is 448. The lowest BCUT2D eigenvalue weighted by molar-refractivity contribution is -0.167. The van der Waals surface area contributed by atoms with Gasteiger partial charge in [-0.05, 0) is 32.4 Å². The molecular weight excluding hydrogens is 254 g/mol. The van der Waals surface area contributed by atoms with E-state index in [1.54, 1.807) is 13.8 Å². The van der Waals surface area contributed by atoms with E-state index in [-0.39, 0.29) is 5.97 Å². The zero-order chi connectivity index (χ0) is 14.6. The lowest BCUT2D eigenvalue weighted by atomic mass is 9.78. The summed E-state index contributed by atoms with van der Waals surface area (Å²) in [6.07, 6.45) is -0.0566. The minimum absolute atomic E-state index is 0.285. The molecule has 0 amide bonds. The van der Waals surface area contributed by atoms with Crippen molar-refractivity contribution < 1.29 is 14.6 Å². The molecule has 1 fully saturated rings. The molecule has 2 rings (SSSR count). The van der Waals surface area contributed by atoms with Crippen LogP contribution in [0, 0.1) is 5.41 Å². The molecule has 0 bridgehead atoms. The second-order valence-corrected chi connectivity index (χ2v) is 5.62. The van der Waals surface area contributed by atoms with Crippen LogP contribution in [0.2, 0.25) is 0 Å². The highest BCUT2D eigenvalue weighted by atomic mass is 16.5. The van der Waals surface area contributed by atoms with Gasteiger partial charge in [0.25, 0.3) is 0 Å². The van der Waals surface area contributed by atoms with Crippen LogP contribution in [0.1, 0.15) is 25.8 Å². The summed E-state index contributed by atoms with van der Waals surface area (Å²) in [6.45, 7) is 6.05. The zero-order valence-electron chi connectivity index (χ0n) is 12.2. The second kappa shape index (κ2) is 6.37. The molecule has 110 valence electrons. The summed E-state index contributed by atoms with van der Waals surface area (Å²) in [6, 6.07) is 10.2. The van der Waals surface area contributed by atoms with Crippen LogP contribution in [-0.4, -0.2) is 41.8 Å². The second-order valence-electron chi connectivity index (χ2n) is 5.62. The van der Waals surface area contributed by atoms with Gasteiger partial charge in [-0.25, -0.2) is 0 Å². The molecule has 1 saturated heterocycles. The number of benzene rings is 1. The Morgan fingerprint density at radius 1 is 1.45 bits per heavy atom. The van der Waals surface area contributed by atoms with Gasteiger partial charge in [-0.3, -0.25) is 9.69 Å². The molecule has 0 radical (unpaired) electrons. The van der Waals surface area contributed by atoms with Crippen molar-refractivity contribution in [2.24, 2.45) is 5.41 Å². The number of piperidine rings is 1. The number of nitrogens with zero attached hydrogens (tertiary/aromatic N) is 1. The monoisotopic (exact) mass is 277 g/mol. The number of esters is 1. The van der Waals surface area contributed by atoms with Crippen LogP contribution in [0.15, 0.2) is 30.3 Å². The van der Waals surface area contributed by atoms with Crippen molar-refractivity contribution in [3.8, 4) is 0 Å². The largest absolute Gasteiger partial charge is 0.465 e. The van der Waals surface area contributed by atoms with E-state index in [0.717, 1.165) is 13.1 Å². The maximum Gasteiger partial charge on any atom is 0.314 e. The lowest BCUT2D eigenvalue weighted by Gasteiger charge is -2.41. The fourth-order valence-electron chi connectivity index (χ4n) is 2.61. The summed E-state index contributed by atoms with van der Waals surface area (Å²) in [4.78, 5) is 14.2. The summed E-state index contributed by atoms with van der Waals surface area (Å²) >= 11 is 0. The maximum atomic E-state index is 12.0. The van der Waals surface area contributed by atoms with Crippen molar-refractivity contribution in [2.75, 3.05) is 19.7 Å². The Labute approximate surface area is 120 Å². The fourth-order valence-corrected chi connectivity index (χ4v) is 2.61. The SMILES string of the molecule is CCOC(=O)C1(C)CCN(Cc2ccccc2)CC1O. The average Bonchev–Trinajstić information content (AvgIpc) is 2.44. The average molecular weight is 277 g/mol. The van der Waals surface area contributed by atoms with Gasteiger partial charge in [-0.15, -0.1) is 0 Å². The van der Waals surface area contributed by atoms with Crippen LogP contribution in [0.5, 0.6) is 0 Å². The zero-order valence-corrected chi connectivity index (χ0v) is 12.2. The van der Waals surface area contributed by atoms with Crippen molar-refractivity contribution in [3.63, 3.8) is 0 Å². The number of carbonyl (C=O) groups is 1. The van der Waals surface area contributed by atoms with Gasteiger partial charge in [0.1, 0.15) is 0 Å². The molecule has 1 aromatic carbocycles. The number of β-amino-alcohol motifs (C(OH)–C–C–N with tert-alkyl or cyclic N) is 1. The third-order valence-electron chi connectivity index (χ3n) is 4.10. The molecule has 0 aliphatic carbocycles. The van der Waals surface area contributed by atoms with E-state index < -0.39 is 11.5 Å². The number of ether oxygens (including phenoxy) is 1. The van der Waals surface area contributed by atoms with E-state index in [0.29, 0.717) is 19.6 Å². The first-order chi connectivity index (χ1) is 9.56. The predicted molar refractivity (Wildman–Crippen MR) is 77.1 cm³/mol. The van der Waals surface area contributed by atoms with Crippen molar-refractivity contribution in [1.29, 1.82) is 0 Å². The minimum atomic E-state index is -0.775. The van der Waals surface area contributed by atoms with Crippen LogP contribution in [0.4, 0.5) is 0 Å². The minimum Gasteiger partial charge on any atom is -0.465 e. The molecule has 1 aromatic rings. The molecule has 0 spiro atoms. The predicted octanol–water partition coefficient (Wildman–Crippen LogP) is 1.82. The maximum absolute atomic E-state index is 12.0. The number of hydrogen-bond donors (Lipinski definition) is 1. The molecule has 20 heavy (non-hydrogen) atoms. The fraction of sp³-hybridized carbons (Fsp3) is 0.562. The molecule has 1 aliphatic rings. The van der Waals surface area contributed by atoms with Crippen LogP contribution in [0.25, 0.3) is 0 Å².